The summed E-state index contributed by atoms with van der Waals surface area (Å²) in [7, 11) is 0. The van der Waals surface area contributed by atoms with Gasteiger partial charge in [-0.25, -0.2) is 0 Å². The van der Waals surface area contributed by atoms with Crippen LogP contribution >= 0.6 is 0 Å². The third kappa shape index (κ3) is 3.57. The zero-order valence-corrected chi connectivity index (χ0v) is 14.6. The first kappa shape index (κ1) is 15.9. The average molecular weight is 331 g/mol. The molecule has 130 valence electrons. The molecule has 1 aromatic carbocycles. The number of rotatable bonds is 5. The first-order chi connectivity index (χ1) is 11.7. The van der Waals surface area contributed by atoms with Gasteiger partial charge in [-0.3, -0.25) is 4.79 Å². The third-order valence-corrected chi connectivity index (χ3v) is 5.74. The Labute approximate surface area is 144 Å². The lowest BCUT2D eigenvalue weighted by Gasteiger charge is -2.32. The lowest BCUT2D eigenvalue weighted by molar-refractivity contribution is -1.02. The Bertz CT molecular complexity index is 607. The van der Waals surface area contributed by atoms with Crippen LogP contribution in [0.3, 0.4) is 0 Å². The second-order valence-corrected chi connectivity index (χ2v) is 7.63. The molecule has 1 aliphatic carbocycles. The van der Waals surface area contributed by atoms with E-state index >= 15 is 0 Å². The van der Waals surface area contributed by atoms with Gasteiger partial charge in [0.2, 0.25) is 0 Å². The molecule has 0 bridgehead atoms. The number of hydrogen-bond acceptors (Lipinski definition) is 2. The van der Waals surface area contributed by atoms with Crippen molar-refractivity contribution in [1.29, 1.82) is 0 Å². The summed E-state index contributed by atoms with van der Waals surface area (Å²) in [5, 5.41) is 3.15. The van der Waals surface area contributed by atoms with Gasteiger partial charge in [0.15, 0.2) is 6.04 Å². The monoisotopic (exact) mass is 331 g/mol. The van der Waals surface area contributed by atoms with E-state index in [0.29, 0.717) is 6.04 Å². The zero-order chi connectivity index (χ0) is 16.5. The molecule has 2 heterocycles. The summed E-state index contributed by atoms with van der Waals surface area (Å²) in [6.07, 6.45) is 3.37. The summed E-state index contributed by atoms with van der Waals surface area (Å²) in [5.74, 6) is 1.31. The molecule has 0 aromatic heterocycles. The van der Waals surface area contributed by atoms with E-state index in [0.717, 1.165) is 64.3 Å². The van der Waals surface area contributed by atoms with E-state index in [1.165, 1.54) is 16.0 Å². The summed E-state index contributed by atoms with van der Waals surface area (Å²) in [6, 6.07) is 7.21. The van der Waals surface area contributed by atoms with Crippen LogP contribution in [0.4, 0.5) is 0 Å². The van der Waals surface area contributed by atoms with Gasteiger partial charge in [-0.15, -0.1) is 0 Å². The summed E-state index contributed by atoms with van der Waals surface area (Å²) in [4.78, 5) is 15.3. The number of quaternary nitrogens is 2. The first-order valence-corrected chi connectivity index (χ1v) is 9.42. The number of amides is 1. The summed E-state index contributed by atoms with van der Waals surface area (Å²) in [6.45, 7) is 8.45. The van der Waals surface area contributed by atoms with Crippen LogP contribution in [0, 0.1) is 0 Å². The van der Waals surface area contributed by atoms with Gasteiger partial charge >= 0.3 is 0 Å². The van der Waals surface area contributed by atoms with Gasteiger partial charge in [-0.1, -0.05) is 0 Å². The molecular formula is C19H29N3O2+2. The highest BCUT2D eigenvalue weighted by atomic mass is 16.5. The van der Waals surface area contributed by atoms with Crippen molar-refractivity contribution < 1.29 is 19.3 Å². The van der Waals surface area contributed by atoms with Crippen molar-refractivity contribution in [3.05, 3.63) is 29.3 Å². The summed E-state index contributed by atoms with van der Waals surface area (Å²) in [5.41, 5.74) is 2.78. The van der Waals surface area contributed by atoms with E-state index in [9.17, 15) is 4.79 Å². The van der Waals surface area contributed by atoms with Crippen LogP contribution in [0.2, 0.25) is 0 Å². The fourth-order valence-corrected chi connectivity index (χ4v) is 3.91. The second kappa shape index (κ2) is 6.73. The number of nitrogens with one attached hydrogen (secondary N) is 3. The van der Waals surface area contributed by atoms with Crippen LogP contribution in [0.15, 0.2) is 18.2 Å². The number of benzene rings is 1. The number of fused-ring (bicyclic) bond motifs is 1. The smallest absolute Gasteiger partial charge is 0.278 e. The lowest BCUT2D eigenvalue weighted by Crippen LogP contribution is -3.29. The maximum atomic E-state index is 12.2. The van der Waals surface area contributed by atoms with Crippen molar-refractivity contribution in [2.45, 2.75) is 44.8 Å². The van der Waals surface area contributed by atoms with Crippen molar-refractivity contribution in [2.75, 3.05) is 32.8 Å². The predicted molar refractivity (Wildman–Crippen MR) is 91.4 cm³/mol. The number of hydrogen-bond donors (Lipinski definition) is 3. The largest absolute Gasteiger partial charge is 0.493 e. The van der Waals surface area contributed by atoms with Crippen molar-refractivity contribution in [2.24, 2.45) is 0 Å². The Hall–Kier alpha value is -1.59. The molecule has 4 rings (SSSR count). The minimum absolute atomic E-state index is 0.0873. The molecule has 0 unspecified atom stereocenters. The lowest BCUT2D eigenvalue weighted by atomic mass is 10.1. The van der Waals surface area contributed by atoms with Crippen LogP contribution in [0.25, 0.3) is 0 Å². The molecule has 2 aliphatic heterocycles. The normalized spacial score (nSPS) is 27.2. The van der Waals surface area contributed by atoms with Gasteiger partial charge in [0, 0.05) is 18.0 Å². The Kier molecular flexibility index (Phi) is 4.46. The fourth-order valence-electron chi connectivity index (χ4n) is 3.91. The molecule has 5 heteroatoms. The SMILES string of the molecule is C[C@@H](C(=O)NC1CC1)[NH+]1CC[NH+](Cc2ccc3c(c2)CCO3)CC1. The van der Waals surface area contributed by atoms with Crippen LogP contribution in [-0.2, 0) is 17.8 Å². The van der Waals surface area contributed by atoms with Crippen molar-refractivity contribution in [3.8, 4) is 5.75 Å². The van der Waals surface area contributed by atoms with Crippen molar-refractivity contribution in [3.63, 3.8) is 0 Å². The van der Waals surface area contributed by atoms with Crippen LogP contribution in [0.1, 0.15) is 30.9 Å². The number of carbonyl (C=O) groups excluding carboxylic acids is 1. The molecule has 3 aliphatic rings. The maximum absolute atomic E-state index is 12.2. The van der Waals surface area contributed by atoms with E-state index in [-0.39, 0.29) is 11.9 Å². The van der Waals surface area contributed by atoms with Gasteiger partial charge in [0.25, 0.3) is 5.91 Å². The average Bonchev–Trinajstić information content (AvgIpc) is 3.29. The third-order valence-electron chi connectivity index (χ3n) is 5.74. The Morgan fingerprint density at radius 1 is 1.29 bits per heavy atom. The molecule has 1 saturated carbocycles. The highest BCUT2D eigenvalue weighted by Gasteiger charge is 2.33. The molecule has 1 saturated heterocycles. The van der Waals surface area contributed by atoms with E-state index in [1.54, 1.807) is 4.90 Å². The molecule has 24 heavy (non-hydrogen) atoms. The molecule has 0 radical (unpaired) electrons. The van der Waals surface area contributed by atoms with Gasteiger partial charge in [0.05, 0.1) is 6.61 Å². The predicted octanol–water partition coefficient (Wildman–Crippen LogP) is -1.43. The van der Waals surface area contributed by atoms with E-state index in [2.05, 4.69) is 30.4 Å². The summed E-state index contributed by atoms with van der Waals surface area (Å²) >= 11 is 0. The highest BCUT2D eigenvalue weighted by Crippen LogP contribution is 2.25. The van der Waals surface area contributed by atoms with E-state index in [4.69, 9.17) is 4.74 Å². The number of ether oxygens (including phenoxy) is 1. The Balaban J connectivity index is 1.27. The number of carbonyl (C=O) groups is 1. The maximum Gasteiger partial charge on any atom is 0.278 e. The molecule has 1 amide bonds. The molecule has 3 N–H and O–H groups in total. The number of piperazine rings is 1. The highest BCUT2D eigenvalue weighted by molar-refractivity contribution is 5.80. The molecule has 5 nitrogen and oxygen atoms in total. The van der Waals surface area contributed by atoms with Gasteiger partial charge < -0.3 is 19.9 Å². The Morgan fingerprint density at radius 2 is 2.08 bits per heavy atom. The van der Waals surface area contributed by atoms with Crippen molar-refractivity contribution >= 4 is 5.91 Å². The zero-order valence-electron chi connectivity index (χ0n) is 14.6. The van der Waals surface area contributed by atoms with Crippen molar-refractivity contribution in [1.82, 2.24) is 5.32 Å². The quantitative estimate of drug-likeness (QED) is 0.620. The molecule has 2 fully saturated rings. The van der Waals surface area contributed by atoms with Crippen LogP contribution in [-0.4, -0.2) is 50.8 Å². The van der Waals surface area contributed by atoms with Gasteiger partial charge in [-0.2, -0.15) is 0 Å². The van der Waals surface area contributed by atoms with Crippen LogP contribution in [0.5, 0.6) is 5.75 Å². The molecule has 1 aromatic rings. The van der Waals surface area contributed by atoms with Crippen LogP contribution < -0.4 is 19.9 Å². The van der Waals surface area contributed by atoms with E-state index in [1.807, 2.05) is 0 Å². The molecule has 0 spiro atoms. The second-order valence-electron chi connectivity index (χ2n) is 7.63. The Morgan fingerprint density at radius 3 is 2.83 bits per heavy atom. The minimum Gasteiger partial charge on any atom is -0.493 e. The fraction of sp³-hybridized carbons (Fsp3) is 0.632. The van der Waals surface area contributed by atoms with Gasteiger partial charge in [0.1, 0.15) is 38.5 Å². The molecular weight excluding hydrogens is 302 g/mol. The van der Waals surface area contributed by atoms with Gasteiger partial charge in [-0.05, 0) is 43.5 Å². The summed E-state index contributed by atoms with van der Waals surface area (Å²) < 4.78 is 5.59. The van der Waals surface area contributed by atoms with E-state index < -0.39 is 0 Å². The topological polar surface area (TPSA) is 47.2 Å². The molecule has 1 atom stereocenters. The minimum atomic E-state index is 0.0873. The standard InChI is InChI=1S/C19H27N3O2/c1-14(19(23)20-17-3-4-17)22-9-7-21(8-10-22)13-15-2-5-18-16(12-15)6-11-24-18/h2,5,12,14,17H,3-4,6-11,13H2,1H3,(H,20,23)/p+2/t14-/m0/s1. The first-order valence-electron chi connectivity index (χ1n) is 9.42.